The van der Waals surface area contributed by atoms with Gasteiger partial charge in [0.15, 0.2) is 0 Å². The van der Waals surface area contributed by atoms with E-state index in [4.69, 9.17) is 9.68 Å². The third-order valence-electron chi connectivity index (χ3n) is 2.18. The van der Waals surface area contributed by atoms with E-state index in [0.29, 0.717) is 17.5 Å². The van der Waals surface area contributed by atoms with E-state index in [2.05, 4.69) is 15.5 Å². The number of carbonyl (C=O) groups is 1. The Balaban J connectivity index is 2.11. The number of aromatic nitrogens is 2. The third-order valence-corrected chi connectivity index (χ3v) is 2.18. The van der Waals surface area contributed by atoms with Gasteiger partial charge < -0.3 is 9.73 Å². The number of benzene rings is 1. The number of anilines is 1. The Hall–Kier alpha value is -2.68. The molecule has 6 nitrogen and oxygen atoms in total. The largest absolute Gasteiger partial charge is 0.421 e. The Kier molecular flexibility index (Phi) is 3.34. The minimum Gasteiger partial charge on any atom is -0.421 e. The molecule has 0 bridgehead atoms. The number of hydrogen-bond donors (Lipinski definition) is 1. The summed E-state index contributed by atoms with van der Waals surface area (Å²) < 4.78 is 5.28. The molecule has 0 aliphatic carbocycles. The van der Waals surface area contributed by atoms with E-state index in [1.165, 1.54) is 0 Å². The van der Waals surface area contributed by atoms with E-state index in [-0.39, 0.29) is 12.3 Å². The Morgan fingerprint density at radius 3 is 2.67 bits per heavy atom. The number of nitrogens with zero attached hydrogens (tertiary/aromatic N) is 3. The van der Waals surface area contributed by atoms with E-state index < -0.39 is 0 Å². The zero-order chi connectivity index (χ0) is 13.0. The van der Waals surface area contributed by atoms with Crippen LogP contribution in [0.1, 0.15) is 12.3 Å². The highest BCUT2D eigenvalue weighted by Gasteiger charge is 2.06. The molecular formula is C12H10N4O2. The van der Waals surface area contributed by atoms with Crippen LogP contribution in [0.4, 0.5) is 5.69 Å². The van der Waals surface area contributed by atoms with Crippen molar-refractivity contribution in [2.45, 2.75) is 13.3 Å². The monoisotopic (exact) mass is 242 g/mol. The Morgan fingerprint density at radius 2 is 2.11 bits per heavy atom. The lowest BCUT2D eigenvalue weighted by atomic mass is 10.2. The first-order chi connectivity index (χ1) is 8.69. The van der Waals surface area contributed by atoms with E-state index in [1.807, 2.05) is 0 Å². The summed E-state index contributed by atoms with van der Waals surface area (Å²) in [6, 6.07) is 8.73. The van der Waals surface area contributed by atoms with Gasteiger partial charge in [0.2, 0.25) is 17.7 Å². The molecule has 0 atom stereocenters. The number of aryl methyl sites for hydroxylation is 1. The molecule has 0 saturated carbocycles. The minimum absolute atomic E-state index is 0.162. The molecule has 90 valence electrons. The summed E-state index contributed by atoms with van der Waals surface area (Å²) >= 11 is 0. The second-order valence-corrected chi connectivity index (χ2v) is 3.59. The molecule has 18 heavy (non-hydrogen) atoms. The summed E-state index contributed by atoms with van der Waals surface area (Å²) in [5, 5.41) is 18.6. The van der Waals surface area contributed by atoms with Crippen molar-refractivity contribution >= 4 is 11.6 Å². The van der Waals surface area contributed by atoms with Crippen molar-refractivity contribution in [2.75, 3.05) is 5.32 Å². The van der Waals surface area contributed by atoms with Crippen LogP contribution in [0.3, 0.4) is 0 Å². The number of amides is 1. The van der Waals surface area contributed by atoms with Crippen molar-refractivity contribution in [3.05, 3.63) is 30.2 Å². The van der Waals surface area contributed by atoms with Crippen molar-refractivity contribution in [2.24, 2.45) is 0 Å². The molecule has 1 heterocycles. The first kappa shape index (κ1) is 11.8. The van der Waals surface area contributed by atoms with Gasteiger partial charge in [-0.15, -0.1) is 10.2 Å². The smallest absolute Gasteiger partial charge is 0.247 e. The fourth-order valence-electron chi connectivity index (χ4n) is 1.39. The average molecular weight is 242 g/mol. The quantitative estimate of drug-likeness (QED) is 0.887. The molecule has 2 rings (SSSR count). The second-order valence-electron chi connectivity index (χ2n) is 3.59. The Morgan fingerprint density at radius 1 is 1.39 bits per heavy atom. The van der Waals surface area contributed by atoms with Crippen LogP contribution in [0.25, 0.3) is 11.5 Å². The molecule has 1 amide bonds. The molecule has 1 N–H and O–H groups in total. The number of carbonyl (C=O) groups excluding carboxylic acids is 1. The number of hydrogen-bond acceptors (Lipinski definition) is 5. The van der Waals surface area contributed by atoms with Crippen molar-refractivity contribution in [3.63, 3.8) is 0 Å². The molecule has 0 radical (unpaired) electrons. The van der Waals surface area contributed by atoms with Crippen molar-refractivity contribution in [1.29, 1.82) is 5.26 Å². The van der Waals surface area contributed by atoms with Crippen LogP contribution >= 0.6 is 0 Å². The van der Waals surface area contributed by atoms with Gasteiger partial charge in [-0.1, -0.05) is 0 Å². The lowest BCUT2D eigenvalue weighted by molar-refractivity contribution is -0.115. The highest BCUT2D eigenvalue weighted by atomic mass is 16.4. The van der Waals surface area contributed by atoms with E-state index in [0.717, 1.165) is 5.56 Å². The summed E-state index contributed by atoms with van der Waals surface area (Å²) in [4.78, 5) is 11.2. The molecule has 1 aromatic heterocycles. The van der Waals surface area contributed by atoms with Crippen LogP contribution in [0, 0.1) is 18.3 Å². The summed E-state index contributed by atoms with van der Waals surface area (Å²) in [5.74, 6) is 0.595. The summed E-state index contributed by atoms with van der Waals surface area (Å²) in [6.07, 6.45) is -0.162. The van der Waals surface area contributed by atoms with Crippen LogP contribution in [0.5, 0.6) is 0 Å². The third kappa shape index (κ3) is 2.71. The lowest BCUT2D eigenvalue weighted by Crippen LogP contribution is -2.09. The topological polar surface area (TPSA) is 91.8 Å². The molecule has 6 heteroatoms. The Bertz CT molecular complexity index is 595. The fraction of sp³-hybridized carbons (Fsp3) is 0.167. The first-order valence-electron chi connectivity index (χ1n) is 5.26. The van der Waals surface area contributed by atoms with E-state index in [1.54, 1.807) is 37.3 Å². The molecule has 2 aromatic rings. The lowest BCUT2D eigenvalue weighted by Gasteiger charge is -2.02. The predicted octanol–water partition coefficient (Wildman–Crippen LogP) is 1.90. The molecule has 0 unspecified atom stereocenters. The highest BCUT2D eigenvalue weighted by molar-refractivity contribution is 5.92. The van der Waals surface area contributed by atoms with Gasteiger partial charge in [0.05, 0.1) is 6.07 Å². The van der Waals surface area contributed by atoms with Crippen LogP contribution in [0.2, 0.25) is 0 Å². The van der Waals surface area contributed by atoms with Crippen LogP contribution in [-0.2, 0) is 4.79 Å². The highest BCUT2D eigenvalue weighted by Crippen LogP contribution is 2.19. The molecular weight excluding hydrogens is 232 g/mol. The van der Waals surface area contributed by atoms with Gasteiger partial charge >= 0.3 is 0 Å². The van der Waals surface area contributed by atoms with Gasteiger partial charge in [-0.05, 0) is 24.3 Å². The summed E-state index contributed by atoms with van der Waals surface area (Å²) in [6.45, 7) is 1.72. The zero-order valence-corrected chi connectivity index (χ0v) is 9.67. The van der Waals surface area contributed by atoms with Gasteiger partial charge in [-0.3, -0.25) is 4.79 Å². The van der Waals surface area contributed by atoms with Crippen LogP contribution in [-0.4, -0.2) is 16.1 Å². The molecule has 1 aromatic carbocycles. The Labute approximate surface area is 103 Å². The predicted molar refractivity (Wildman–Crippen MR) is 63.3 cm³/mol. The fourth-order valence-corrected chi connectivity index (χ4v) is 1.39. The molecule has 0 spiro atoms. The zero-order valence-electron chi connectivity index (χ0n) is 9.67. The normalized spacial score (nSPS) is 9.78. The van der Waals surface area contributed by atoms with Crippen LogP contribution < -0.4 is 5.32 Å². The van der Waals surface area contributed by atoms with Crippen molar-refractivity contribution < 1.29 is 9.21 Å². The van der Waals surface area contributed by atoms with Gasteiger partial charge in [0.1, 0.15) is 6.42 Å². The van der Waals surface area contributed by atoms with E-state index >= 15 is 0 Å². The number of nitriles is 1. The van der Waals surface area contributed by atoms with Gasteiger partial charge in [0.25, 0.3) is 0 Å². The maximum Gasteiger partial charge on any atom is 0.247 e. The maximum atomic E-state index is 11.2. The van der Waals surface area contributed by atoms with Gasteiger partial charge in [0, 0.05) is 18.2 Å². The maximum absolute atomic E-state index is 11.2. The van der Waals surface area contributed by atoms with Crippen molar-refractivity contribution in [1.82, 2.24) is 10.2 Å². The molecule has 0 aliphatic heterocycles. The van der Waals surface area contributed by atoms with Gasteiger partial charge in [-0.2, -0.15) is 5.26 Å². The van der Waals surface area contributed by atoms with Crippen LogP contribution in [0.15, 0.2) is 28.7 Å². The molecule has 0 aliphatic rings. The average Bonchev–Trinajstić information content (AvgIpc) is 2.77. The van der Waals surface area contributed by atoms with Crippen molar-refractivity contribution in [3.8, 4) is 17.5 Å². The minimum atomic E-state index is -0.334. The second kappa shape index (κ2) is 5.10. The number of nitrogens with one attached hydrogen (secondary N) is 1. The summed E-state index contributed by atoms with van der Waals surface area (Å²) in [7, 11) is 0. The molecule has 0 fully saturated rings. The van der Waals surface area contributed by atoms with E-state index in [9.17, 15) is 4.79 Å². The standard InChI is InChI=1S/C12H10N4O2/c1-8-15-16-12(18-8)9-2-4-10(5-3-9)14-11(17)6-7-13/h2-5H,6H2,1H3,(H,14,17). The number of rotatable bonds is 3. The SMILES string of the molecule is Cc1nnc(-c2ccc(NC(=O)CC#N)cc2)o1. The molecule has 0 saturated heterocycles. The first-order valence-corrected chi connectivity index (χ1v) is 5.26. The summed E-state index contributed by atoms with van der Waals surface area (Å²) in [5.41, 5.74) is 1.39. The van der Waals surface area contributed by atoms with Gasteiger partial charge in [-0.25, -0.2) is 0 Å².